The summed E-state index contributed by atoms with van der Waals surface area (Å²) in [7, 11) is 0. The van der Waals surface area contributed by atoms with E-state index < -0.39 is 42.0 Å². The number of phenols is 1. The van der Waals surface area contributed by atoms with E-state index in [1.165, 1.54) is 0 Å². The van der Waals surface area contributed by atoms with E-state index in [4.69, 9.17) is 10.8 Å². The lowest BCUT2D eigenvalue weighted by Crippen LogP contribution is -2.36. The molecule has 0 unspecified atom stereocenters. The molecule has 108 valence electrons. The molecule has 19 heavy (non-hydrogen) atoms. The van der Waals surface area contributed by atoms with Crippen LogP contribution in [-0.2, 0) is 0 Å². The smallest absolute Gasteiger partial charge is 0.508 e. The average Bonchev–Trinajstić information content (AvgIpc) is 2.29. The van der Waals surface area contributed by atoms with Crippen molar-refractivity contribution in [3.63, 3.8) is 0 Å². The van der Waals surface area contributed by atoms with Crippen LogP contribution in [0.25, 0.3) is 0 Å². The molecule has 1 aromatic rings. The molecule has 0 aliphatic heterocycles. The Morgan fingerprint density at radius 3 is 2.26 bits per heavy atom. The number of phenolic OH excluding ortho intramolecular Hbond substituents is 1. The SMILES string of the molecule is N[C@@H](c1cc(OC(F)(F)F)ccc1O)C(F)(F)CO. The van der Waals surface area contributed by atoms with E-state index in [0.29, 0.717) is 6.07 Å². The maximum absolute atomic E-state index is 13.1. The Morgan fingerprint density at radius 2 is 1.79 bits per heavy atom. The number of hydrogen-bond donors (Lipinski definition) is 3. The van der Waals surface area contributed by atoms with Crippen LogP contribution < -0.4 is 10.5 Å². The quantitative estimate of drug-likeness (QED) is 0.739. The van der Waals surface area contributed by atoms with Gasteiger partial charge in [0.05, 0.1) is 0 Å². The molecule has 0 aromatic heterocycles. The molecule has 1 aromatic carbocycles. The standard InChI is InChI=1S/C10H10F5NO3/c11-9(12,4-17)8(16)6-3-5(1-2-7(6)18)19-10(13,14)15/h1-3,8,17-18H,4,16H2/t8-/m0/s1. The van der Waals surface area contributed by atoms with Crippen molar-refractivity contribution in [1.29, 1.82) is 0 Å². The molecule has 0 bridgehead atoms. The number of aromatic hydroxyl groups is 1. The number of benzene rings is 1. The third-order valence-electron chi connectivity index (χ3n) is 2.23. The predicted octanol–water partition coefficient (Wildman–Crippen LogP) is 1.92. The zero-order valence-corrected chi connectivity index (χ0v) is 9.29. The van der Waals surface area contributed by atoms with Crippen molar-refractivity contribution in [2.45, 2.75) is 18.3 Å². The second kappa shape index (κ2) is 5.17. The Balaban J connectivity index is 3.11. The van der Waals surface area contributed by atoms with Gasteiger partial charge in [-0.3, -0.25) is 0 Å². The summed E-state index contributed by atoms with van der Waals surface area (Å²) in [4.78, 5) is 0. The number of halogens is 5. The number of nitrogens with two attached hydrogens (primary N) is 1. The highest BCUT2D eigenvalue weighted by molar-refractivity contribution is 5.42. The second-order valence-electron chi connectivity index (χ2n) is 3.67. The third-order valence-corrected chi connectivity index (χ3v) is 2.23. The van der Waals surface area contributed by atoms with Crippen LogP contribution in [0.3, 0.4) is 0 Å². The second-order valence-corrected chi connectivity index (χ2v) is 3.67. The van der Waals surface area contributed by atoms with Crippen LogP contribution >= 0.6 is 0 Å². The number of ether oxygens (including phenoxy) is 1. The van der Waals surface area contributed by atoms with Crippen molar-refractivity contribution in [3.05, 3.63) is 23.8 Å². The number of aliphatic hydroxyl groups is 1. The number of alkyl halides is 5. The van der Waals surface area contributed by atoms with E-state index in [-0.39, 0.29) is 0 Å². The van der Waals surface area contributed by atoms with E-state index in [9.17, 15) is 27.1 Å². The van der Waals surface area contributed by atoms with Gasteiger partial charge in [0.15, 0.2) is 0 Å². The summed E-state index contributed by atoms with van der Waals surface area (Å²) in [6, 6.07) is -0.147. The molecule has 0 aliphatic carbocycles. The summed E-state index contributed by atoms with van der Waals surface area (Å²) >= 11 is 0. The van der Waals surface area contributed by atoms with E-state index in [1.807, 2.05) is 0 Å². The minimum atomic E-state index is -5.00. The molecular formula is C10H10F5NO3. The molecule has 4 N–H and O–H groups in total. The third kappa shape index (κ3) is 3.93. The summed E-state index contributed by atoms with van der Waals surface area (Å²) in [5, 5.41) is 17.8. The largest absolute Gasteiger partial charge is 0.573 e. The van der Waals surface area contributed by atoms with Gasteiger partial charge in [0.1, 0.15) is 24.1 Å². The highest BCUT2D eigenvalue weighted by Crippen LogP contribution is 2.36. The van der Waals surface area contributed by atoms with E-state index in [2.05, 4.69) is 4.74 Å². The van der Waals surface area contributed by atoms with Gasteiger partial charge in [-0.2, -0.15) is 0 Å². The van der Waals surface area contributed by atoms with E-state index >= 15 is 0 Å². The number of hydrogen-bond acceptors (Lipinski definition) is 4. The zero-order valence-electron chi connectivity index (χ0n) is 9.29. The van der Waals surface area contributed by atoms with Gasteiger partial charge in [-0.1, -0.05) is 0 Å². The summed E-state index contributed by atoms with van der Waals surface area (Å²) in [6.45, 7) is -1.61. The Bertz CT molecular complexity index is 449. The first-order valence-electron chi connectivity index (χ1n) is 4.90. The highest BCUT2D eigenvalue weighted by atomic mass is 19.4. The average molecular weight is 287 g/mol. The molecule has 9 heteroatoms. The fourth-order valence-corrected chi connectivity index (χ4v) is 1.30. The summed E-state index contributed by atoms with van der Waals surface area (Å²) in [5.41, 5.74) is 4.44. The maximum Gasteiger partial charge on any atom is 0.573 e. The first-order valence-corrected chi connectivity index (χ1v) is 4.90. The van der Waals surface area contributed by atoms with Gasteiger partial charge >= 0.3 is 6.36 Å². The monoisotopic (exact) mass is 287 g/mol. The molecule has 0 heterocycles. The molecule has 0 saturated carbocycles. The molecule has 0 amide bonds. The van der Waals surface area contributed by atoms with Crippen LogP contribution in [-0.4, -0.2) is 29.1 Å². The van der Waals surface area contributed by atoms with Crippen molar-refractivity contribution in [3.8, 4) is 11.5 Å². The Labute approximate surface area is 104 Å². The Hall–Kier alpha value is -1.61. The van der Waals surface area contributed by atoms with Crippen molar-refractivity contribution >= 4 is 0 Å². The summed E-state index contributed by atoms with van der Waals surface area (Å²) in [6.07, 6.45) is -5.00. The lowest BCUT2D eigenvalue weighted by molar-refractivity contribution is -0.274. The van der Waals surface area contributed by atoms with Gasteiger partial charge in [-0.15, -0.1) is 13.2 Å². The molecular weight excluding hydrogens is 277 g/mol. The Morgan fingerprint density at radius 1 is 1.21 bits per heavy atom. The van der Waals surface area contributed by atoms with Crippen molar-refractivity contribution < 1.29 is 36.9 Å². The minimum Gasteiger partial charge on any atom is -0.508 e. The molecule has 1 rings (SSSR count). The number of rotatable bonds is 4. The van der Waals surface area contributed by atoms with Gasteiger partial charge in [0.2, 0.25) is 0 Å². The lowest BCUT2D eigenvalue weighted by atomic mass is 10.0. The fourth-order valence-electron chi connectivity index (χ4n) is 1.30. The van der Waals surface area contributed by atoms with Crippen LogP contribution in [0.2, 0.25) is 0 Å². The molecule has 0 spiro atoms. The van der Waals surface area contributed by atoms with E-state index in [0.717, 1.165) is 12.1 Å². The van der Waals surface area contributed by atoms with Gasteiger partial charge < -0.3 is 20.7 Å². The number of aliphatic hydroxyl groups excluding tert-OH is 1. The molecule has 0 radical (unpaired) electrons. The van der Waals surface area contributed by atoms with Gasteiger partial charge in [0, 0.05) is 5.56 Å². The van der Waals surface area contributed by atoms with Crippen molar-refractivity contribution in [1.82, 2.24) is 0 Å². The van der Waals surface area contributed by atoms with Crippen molar-refractivity contribution in [2.75, 3.05) is 6.61 Å². The van der Waals surface area contributed by atoms with E-state index in [1.54, 1.807) is 0 Å². The van der Waals surface area contributed by atoms with Crippen LogP contribution in [0.5, 0.6) is 11.5 Å². The summed E-state index contributed by atoms with van der Waals surface area (Å²) in [5.74, 6) is -5.33. The normalized spacial score (nSPS) is 14.3. The molecule has 0 fully saturated rings. The molecule has 0 aliphatic rings. The summed E-state index contributed by atoms with van der Waals surface area (Å²) < 4.78 is 65.7. The minimum absolute atomic E-state index is 0.539. The van der Waals surface area contributed by atoms with Crippen LogP contribution in [0, 0.1) is 0 Å². The predicted molar refractivity (Wildman–Crippen MR) is 53.8 cm³/mol. The van der Waals surface area contributed by atoms with Gasteiger partial charge in [-0.05, 0) is 18.2 Å². The van der Waals surface area contributed by atoms with Crippen LogP contribution in [0.4, 0.5) is 22.0 Å². The topological polar surface area (TPSA) is 75.7 Å². The first-order chi connectivity index (χ1) is 8.57. The lowest BCUT2D eigenvalue weighted by Gasteiger charge is -2.23. The maximum atomic E-state index is 13.1. The molecule has 0 saturated heterocycles. The fraction of sp³-hybridized carbons (Fsp3) is 0.400. The first kappa shape index (κ1) is 15.4. The molecule has 4 nitrogen and oxygen atoms in total. The van der Waals surface area contributed by atoms with Crippen LogP contribution in [0.15, 0.2) is 18.2 Å². The van der Waals surface area contributed by atoms with Crippen molar-refractivity contribution in [2.24, 2.45) is 5.73 Å². The van der Waals surface area contributed by atoms with Crippen LogP contribution in [0.1, 0.15) is 11.6 Å². The zero-order chi connectivity index (χ0) is 14.8. The highest BCUT2D eigenvalue weighted by Gasteiger charge is 2.39. The Kier molecular flexibility index (Phi) is 4.21. The van der Waals surface area contributed by atoms with Gasteiger partial charge in [-0.25, -0.2) is 8.78 Å². The van der Waals surface area contributed by atoms with Gasteiger partial charge in [0.25, 0.3) is 5.92 Å². The molecule has 1 atom stereocenters.